The summed E-state index contributed by atoms with van der Waals surface area (Å²) in [7, 11) is 1.66. The second-order valence-electron chi connectivity index (χ2n) is 4.31. The zero-order valence-electron chi connectivity index (χ0n) is 9.66. The lowest BCUT2D eigenvalue weighted by molar-refractivity contribution is -0.129. The predicted octanol–water partition coefficient (Wildman–Crippen LogP) is 2.50. The van der Waals surface area contributed by atoms with Gasteiger partial charge in [0.05, 0.1) is 7.11 Å². The van der Waals surface area contributed by atoms with Crippen LogP contribution in [0.2, 0.25) is 0 Å². The molecule has 17 heavy (non-hydrogen) atoms. The maximum absolute atomic E-state index is 11.7. The van der Waals surface area contributed by atoms with Gasteiger partial charge in [0.2, 0.25) is 0 Å². The predicted molar refractivity (Wildman–Crippen MR) is 68.0 cm³/mol. The van der Waals surface area contributed by atoms with Gasteiger partial charge in [0, 0.05) is 13.1 Å². The van der Waals surface area contributed by atoms with E-state index in [1.807, 2.05) is 6.08 Å². The van der Waals surface area contributed by atoms with Crippen LogP contribution in [-0.4, -0.2) is 35.8 Å². The Morgan fingerprint density at radius 3 is 3.00 bits per heavy atom. The molecule has 2 aliphatic rings. The molecule has 1 atom stereocenters. The number of piperidine rings is 1. The Balaban J connectivity index is 2.08. The van der Waals surface area contributed by atoms with E-state index in [-0.39, 0.29) is 5.91 Å². The van der Waals surface area contributed by atoms with E-state index >= 15 is 0 Å². The number of hydrogen-bond donors (Lipinski definition) is 0. The molecule has 0 aromatic rings. The number of fused-ring (bicyclic) bond motifs is 1. The standard InChI is InChI=1S/C12H15Cl2NO2/c1-17-10-3-2-8-4-5-15(7-9(8)6-10)12(16)11(13)14/h3,6,8,11H,2,4-5,7H2,1H3. The van der Waals surface area contributed by atoms with E-state index < -0.39 is 4.84 Å². The number of carbonyl (C=O) groups excluding carboxylic acids is 1. The zero-order chi connectivity index (χ0) is 12.4. The van der Waals surface area contributed by atoms with Gasteiger partial charge in [0.1, 0.15) is 5.76 Å². The highest BCUT2D eigenvalue weighted by molar-refractivity contribution is 6.53. The molecule has 94 valence electrons. The number of nitrogens with zero attached hydrogens (tertiary/aromatic N) is 1. The number of ether oxygens (including phenoxy) is 1. The molecular formula is C12H15Cl2NO2. The van der Waals surface area contributed by atoms with Crippen LogP contribution < -0.4 is 0 Å². The van der Waals surface area contributed by atoms with Crippen LogP contribution >= 0.6 is 23.2 Å². The lowest BCUT2D eigenvalue weighted by Gasteiger charge is -2.35. The number of likely N-dealkylation sites (tertiary alicyclic amines) is 1. The second kappa shape index (κ2) is 5.32. The van der Waals surface area contributed by atoms with Gasteiger partial charge >= 0.3 is 0 Å². The van der Waals surface area contributed by atoms with E-state index in [4.69, 9.17) is 27.9 Å². The van der Waals surface area contributed by atoms with Crippen LogP contribution in [0.5, 0.6) is 0 Å². The van der Waals surface area contributed by atoms with Crippen molar-refractivity contribution in [2.75, 3.05) is 20.2 Å². The Kier molecular flexibility index (Phi) is 4.00. The number of alkyl halides is 2. The molecule has 0 aromatic carbocycles. The third-order valence-electron chi connectivity index (χ3n) is 3.31. The number of methoxy groups -OCH3 is 1. The summed E-state index contributed by atoms with van der Waals surface area (Å²) in [6.45, 7) is 1.34. The molecule has 1 heterocycles. The third kappa shape index (κ3) is 2.78. The fourth-order valence-electron chi connectivity index (χ4n) is 2.33. The molecule has 0 radical (unpaired) electrons. The molecule has 1 fully saturated rings. The summed E-state index contributed by atoms with van der Waals surface area (Å²) in [5.74, 6) is 1.20. The van der Waals surface area contributed by atoms with Crippen molar-refractivity contribution in [1.29, 1.82) is 0 Å². The van der Waals surface area contributed by atoms with Crippen LogP contribution in [0.3, 0.4) is 0 Å². The topological polar surface area (TPSA) is 29.5 Å². The smallest absolute Gasteiger partial charge is 0.256 e. The molecule has 1 aliphatic carbocycles. The molecule has 0 bridgehead atoms. The highest BCUT2D eigenvalue weighted by Crippen LogP contribution is 2.32. The molecule has 5 heteroatoms. The summed E-state index contributed by atoms with van der Waals surface area (Å²) in [6.07, 6.45) is 6.07. The monoisotopic (exact) mass is 275 g/mol. The van der Waals surface area contributed by atoms with Crippen molar-refractivity contribution >= 4 is 29.1 Å². The summed E-state index contributed by atoms with van der Waals surface area (Å²) in [4.78, 5) is 12.5. The fraction of sp³-hybridized carbons (Fsp3) is 0.583. The molecule has 0 N–H and O–H groups in total. The van der Waals surface area contributed by atoms with Gasteiger partial charge in [0.15, 0.2) is 4.84 Å². The van der Waals surface area contributed by atoms with E-state index in [1.54, 1.807) is 12.0 Å². The first-order valence-electron chi connectivity index (χ1n) is 5.63. The first kappa shape index (κ1) is 12.8. The summed E-state index contributed by atoms with van der Waals surface area (Å²) in [5, 5.41) is 0. The lowest BCUT2D eigenvalue weighted by Crippen LogP contribution is -2.42. The number of amides is 1. The van der Waals surface area contributed by atoms with Gasteiger partial charge in [-0.25, -0.2) is 0 Å². The van der Waals surface area contributed by atoms with Gasteiger partial charge < -0.3 is 9.64 Å². The Bertz CT molecular complexity index is 377. The molecule has 1 amide bonds. The van der Waals surface area contributed by atoms with Crippen LogP contribution in [0.4, 0.5) is 0 Å². The number of rotatable bonds is 2. The average Bonchev–Trinajstić information content (AvgIpc) is 2.36. The van der Waals surface area contributed by atoms with E-state index in [0.29, 0.717) is 12.5 Å². The van der Waals surface area contributed by atoms with Crippen molar-refractivity contribution in [3.05, 3.63) is 23.5 Å². The minimum atomic E-state index is -0.965. The molecule has 1 aliphatic heterocycles. The molecule has 0 saturated carbocycles. The van der Waals surface area contributed by atoms with E-state index in [0.717, 1.165) is 25.1 Å². The minimum Gasteiger partial charge on any atom is -0.497 e. The minimum absolute atomic E-state index is 0.207. The average molecular weight is 276 g/mol. The Labute approximate surface area is 111 Å². The number of hydrogen-bond acceptors (Lipinski definition) is 2. The Hall–Kier alpha value is -0.670. The van der Waals surface area contributed by atoms with Crippen LogP contribution in [0.1, 0.15) is 12.8 Å². The van der Waals surface area contributed by atoms with Crippen LogP contribution in [0.25, 0.3) is 0 Å². The highest BCUT2D eigenvalue weighted by Gasteiger charge is 2.30. The maximum atomic E-state index is 11.7. The van der Waals surface area contributed by atoms with Crippen LogP contribution in [-0.2, 0) is 9.53 Å². The van der Waals surface area contributed by atoms with Crippen molar-refractivity contribution in [1.82, 2.24) is 4.90 Å². The number of halogens is 2. The van der Waals surface area contributed by atoms with E-state index in [2.05, 4.69) is 6.08 Å². The number of allylic oxidation sites excluding steroid dienone is 2. The first-order chi connectivity index (χ1) is 8.11. The molecule has 1 unspecified atom stereocenters. The Morgan fingerprint density at radius 2 is 2.35 bits per heavy atom. The first-order valence-corrected chi connectivity index (χ1v) is 6.50. The molecule has 0 aromatic heterocycles. The van der Waals surface area contributed by atoms with E-state index in [9.17, 15) is 4.79 Å². The Morgan fingerprint density at radius 1 is 1.59 bits per heavy atom. The second-order valence-corrected chi connectivity index (χ2v) is 5.41. The molecule has 1 saturated heterocycles. The van der Waals surface area contributed by atoms with Gasteiger partial charge in [-0.3, -0.25) is 4.79 Å². The summed E-state index contributed by atoms with van der Waals surface area (Å²) >= 11 is 11.2. The zero-order valence-corrected chi connectivity index (χ0v) is 11.2. The maximum Gasteiger partial charge on any atom is 0.256 e. The van der Waals surface area contributed by atoms with E-state index in [1.165, 1.54) is 5.57 Å². The molecular weight excluding hydrogens is 261 g/mol. The quantitative estimate of drug-likeness (QED) is 0.725. The van der Waals surface area contributed by atoms with Crippen LogP contribution in [0.15, 0.2) is 23.5 Å². The summed E-state index contributed by atoms with van der Waals surface area (Å²) in [5.41, 5.74) is 1.23. The molecule has 0 spiro atoms. The van der Waals surface area contributed by atoms with Crippen molar-refractivity contribution < 1.29 is 9.53 Å². The van der Waals surface area contributed by atoms with Crippen molar-refractivity contribution in [2.45, 2.75) is 17.7 Å². The van der Waals surface area contributed by atoms with Crippen molar-refractivity contribution in [3.8, 4) is 0 Å². The van der Waals surface area contributed by atoms with Gasteiger partial charge in [-0.1, -0.05) is 23.2 Å². The summed E-state index contributed by atoms with van der Waals surface area (Å²) in [6, 6.07) is 0. The SMILES string of the molecule is COC1=CCC2CCN(C(=O)C(Cl)Cl)CC2=C1. The third-order valence-corrected chi connectivity index (χ3v) is 3.68. The van der Waals surface area contributed by atoms with Gasteiger partial charge in [-0.05, 0) is 36.5 Å². The van der Waals surface area contributed by atoms with Crippen molar-refractivity contribution in [3.63, 3.8) is 0 Å². The summed E-state index contributed by atoms with van der Waals surface area (Å²) < 4.78 is 5.21. The molecule has 3 nitrogen and oxygen atoms in total. The van der Waals surface area contributed by atoms with Gasteiger partial charge in [-0.2, -0.15) is 0 Å². The van der Waals surface area contributed by atoms with Gasteiger partial charge in [-0.15, -0.1) is 0 Å². The van der Waals surface area contributed by atoms with Crippen LogP contribution in [0, 0.1) is 5.92 Å². The molecule has 2 rings (SSSR count). The van der Waals surface area contributed by atoms with Crippen molar-refractivity contribution in [2.24, 2.45) is 5.92 Å². The lowest BCUT2D eigenvalue weighted by atomic mass is 9.85. The number of carbonyl (C=O) groups is 1. The normalized spacial score (nSPS) is 24.0. The van der Waals surface area contributed by atoms with Gasteiger partial charge in [0.25, 0.3) is 5.91 Å². The highest BCUT2D eigenvalue weighted by atomic mass is 35.5. The fourth-order valence-corrected chi connectivity index (χ4v) is 2.60. The largest absolute Gasteiger partial charge is 0.497 e.